The van der Waals surface area contributed by atoms with E-state index in [1.54, 1.807) is 18.5 Å². The largest absolute Gasteiger partial charge is 0.439 e. The van der Waals surface area contributed by atoms with Gasteiger partial charge in [-0.15, -0.1) is 0 Å². The van der Waals surface area contributed by atoms with Crippen LogP contribution in [-0.4, -0.2) is 20.3 Å². The molecule has 0 aliphatic carbocycles. The Morgan fingerprint density at radius 2 is 1.71 bits per heavy atom. The summed E-state index contributed by atoms with van der Waals surface area (Å²) in [6.45, 7) is 4.59. The Hall–Kier alpha value is -4.39. The molecule has 7 heteroatoms. The number of rotatable bonds is 9. The SMILES string of the molecule is CC(C)c1c(C(=O)CCc2ccc(F)c(F)c2)c2ccc(Oc3ccccn3)cc2n1Cc1ccccn1. The van der Waals surface area contributed by atoms with Crippen molar-refractivity contribution in [2.75, 3.05) is 0 Å². The molecule has 3 heterocycles. The zero-order valence-corrected chi connectivity index (χ0v) is 21.2. The van der Waals surface area contributed by atoms with E-state index in [2.05, 4.69) is 28.4 Å². The number of nitrogens with zero attached hydrogens (tertiary/aromatic N) is 3. The fraction of sp³-hybridized carbons (Fsp3) is 0.194. The summed E-state index contributed by atoms with van der Waals surface area (Å²) >= 11 is 0. The third-order valence-corrected chi connectivity index (χ3v) is 6.43. The topological polar surface area (TPSA) is 57.0 Å². The number of carbonyl (C=O) groups excluding carboxylic acids is 1. The van der Waals surface area contributed by atoms with Gasteiger partial charge in [0.1, 0.15) is 5.75 Å². The number of hydrogen-bond donors (Lipinski definition) is 0. The molecule has 2 aromatic carbocycles. The molecule has 0 amide bonds. The molecule has 38 heavy (non-hydrogen) atoms. The third kappa shape index (κ3) is 5.32. The Morgan fingerprint density at radius 3 is 2.39 bits per heavy atom. The Labute approximate surface area is 219 Å². The molecule has 5 rings (SSSR count). The van der Waals surface area contributed by atoms with Gasteiger partial charge >= 0.3 is 0 Å². The standard InChI is InChI=1S/C31H27F2N3O2/c1-20(2)31-30(28(37)14-10-21-9-13-25(32)26(33)17-21)24-12-11-23(38-29-8-4-6-16-35-29)18-27(24)36(31)19-22-7-3-5-15-34-22/h3-9,11-13,15-18,20H,10,14,19H2,1-2H3. The number of hydrogen-bond acceptors (Lipinski definition) is 4. The summed E-state index contributed by atoms with van der Waals surface area (Å²) in [4.78, 5) is 22.5. The van der Waals surface area contributed by atoms with E-state index in [1.165, 1.54) is 6.07 Å². The van der Waals surface area contributed by atoms with Crippen LogP contribution in [0.4, 0.5) is 8.78 Å². The molecule has 0 aliphatic rings. The van der Waals surface area contributed by atoms with Crippen molar-refractivity contribution in [2.45, 2.75) is 39.2 Å². The van der Waals surface area contributed by atoms with Gasteiger partial charge < -0.3 is 9.30 Å². The van der Waals surface area contributed by atoms with Crippen LogP contribution in [0.15, 0.2) is 85.2 Å². The van der Waals surface area contributed by atoms with Crippen LogP contribution in [0, 0.1) is 11.6 Å². The third-order valence-electron chi connectivity index (χ3n) is 6.43. The van der Waals surface area contributed by atoms with E-state index in [0.29, 0.717) is 35.7 Å². The molecule has 3 aromatic heterocycles. The maximum absolute atomic E-state index is 13.7. The molecule has 5 nitrogen and oxygen atoms in total. The van der Waals surface area contributed by atoms with Crippen LogP contribution in [-0.2, 0) is 13.0 Å². The molecule has 0 aliphatic heterocycles. The Bertz CT molecular complexity index is 1580. The van der Waals surface area contributed by atoms with E-state index < -0.39 is 11.6 Å². The fourth-order valence-corrected chi connectivity index (χ4v) is 4.74. The van der Waals surface area contributed by atoms with Crippen molar-refractivity contribution >= 4 is 16.7 Å². The number of ketones is 1. The Morgan fingerprint density at radius 1 is 0.921 bits per heavy atom. The molecule has 0 saturated carbocycles. The minimum Gasteiger partial charge on any atom is -0.439 e. The number of pyridine rings is 2. The normalized spacial score (nSPS) is 11.3. The minimum atomic E-state index is -0.912. The van der Waals surface area contributed by atoms with E-state index in [1.807, 2.05) is 48.5 Å². The van der Waals surface area contributed by atoms with Crippen LogP contribution in [0.2, 0.25) is 0 Å². The highest BCUT2D eigenvalue weighted by atomic mass is 19.2. The molecule has 5 aromatic rings. The predicted octanol–water partition coefficient (Wildman–Crippen LogP) is 7.49. The second kappa shape index (κ2) is 10.9. The second-order valence-corrected chi connectivity index (χ2v) is 9.44. The van der Waals surface area contributed by atoms with Gasteiger partial charge in [-0.1, -0.05) is 32.0 Å². The summed E-state index contributed by atoms with van der Waals surface area (Å²) in [5.74, 6) is -0.752. The second-order valence-electron chi connectivity index (χ2n) is 9.44. The number of ether oxygens (including phenoxy) is 1. The number of fused-ring (bicyclic) bond motifs is 1. The van der Waals surface area contributed by atoms with Gasteiger partial charge in [-0.2, -0.15) is 0 Å². The fourth-order valence-electron chi connectivity index (χ4n) is 4.74. The molecule has 0 N–H and O–H groups in total. The number of aromatic nitrogens is 3. The highest BCUT2D eigenvalue weighted by molar-refractivity contribution is 6.10. The highest BCUT2D eigenvalue weighted by Gasteiger charge is 2.25. The summed E-state index contributed by atoms with van der Waals surface area (Å²) in [7, 11) is 0. The zero-order valence-electron chi connectivity index (χ0n) is 21.2. The van der Waals surface area contributed by atoms with E-state index in [9.17, 15) is 13.6 Å². The first kappa shape index (κ1) is 25.3. The minimum absolute atomic E-state index is 0.0356. The molecule has 192 valence electrons. The van der Waals surface area contributed by atoms with E-state index in [4.69, 9.17) is 4.74 Å². The maximum atomic E-state index is 13.7. The summed E-state index contributed by atoms with van der Waals surface area (Å²) in [5.41, 5.74) is 3.83. The first-order valence-corrected chi connectivity index (χ1v) is 12.5. The lowest BCUT2D eigenvalue weighted by molar-refractivity contribution is 0.0982. The molecule has 0 radical (unpaired) electrons. The first-order valence-electron chi connectivity index (χ1n) is 12.5. The van der Waals surface area contributed by atoms with Crippen LogP contribution < -0.4 is 4.74 Å². The number of aryl methyl sites for hydroxylation is 1. The van der Waals surface area contributed by atoms with Crippen molar-refractivity contribution < 1.29 is 18.3 Å². The van der Waals surface area contributed by atoms with Crippen molar-refractivity contribution in [1.29, 1.82) is 0 Å². The van der Waals surface area contributed by atoms with Crippen molar-refractivity contribution in [3.05, 3.63) is 119 Å². The van der Waals surface area contributed by atoms with Crippen LogP contribution in [0.5, 0.6) is 11.6 Å². The van der Waals surface area contributed by atoms with E-state index in [0.717, 1.165) is 34.4 Å². The number of carbonyl (C=O) groups is 1. The van der Waals surface area contributed by atoms with E-state index in [-0.39, 0.29) is 18.1 Å². The summed E-state index contributed by atoms with van der Waals surface area (Å²) in [6, 6.07) is 20.6. The number of halogens is 2. The van der Waals surface area contributed by atoms with Gasteiger partial charge in [0, 0.05) is 47.6 Å². The lowest BCUT2D eigenvalue weighted by atomic mass is 9.96. The monoisotopic (exact) mass is 511 g/mol. The number of Topliss-reactive ketones (excluding diaryl/α,β-unsaturated/α-hetero) is 1. The van der Waals surface area contributed by atoms with Crippen LogP contribution in [0.3, 0.4) is 0 Å². The Kier molecular flexibility index (Phi) is 7.26. The van der Waals surface area contributed by atoms with Gasteiger partial charge in [0.05, 0.1) is 17.8 Å². The first-order chi connectivity index (χ1) is 18.4. The van der Waals surface area contributed by atoms with Crippen LogP contribution in [0.25, 0.3) is 10.9 Å². The highest BCUT2D eigenvalue weighted by Crippen LogP contribution is 2.36. The van der Waals surface area contributed by atoms with Gasteiger partial charge in [-0.3, -0.25) is 9.78 Å². The summed E-state index contributed by atoms with van der Waals surface area (Å²) in [5, 5.41) is 0.813. The van der Waals surface area contributed by atoms with Gasteiger partial charge in [-0.05, 0) is 60.4 Å². The molecular weight excluding hydrogens is 484 g/mol. The quantitative estimate of drug-likeness (QED) is 0.192. The molecule has 0 unspecified atom stereocenters. The van der Waals surface area contributed by atoms with Gasteiger partial charge in [0.25, 0.3) is 0 Å². The average Bonchev–Trinajstić information content (AvgIpc) is 3.24. The smallest absolute Gasteiger partial charge is 0.219 e. The Balaban J connectivity index is 1.57. The average molecular weight is 512 g/mol. The maximum Gasteiger partial charge on any atom is 0.219 e. The predicted molar refractivity (Wildman–Crippen MR) is 143 cm³/mol. The number of benzene rings is 2. The molecule has 0 bridgehead atoms. The zero-order chi connectivity index (χ0) is 26.6. The van der Waals surface area contributed by atoms with Crippen molar-refractivity contribution in [2.24, 2.45) is 0 Å². The molecule has 0 fully saturated rings. The van der Waals surface area contributed by atoms with Crippen molar-refractivity contribution in [1.82, 2.24) is 14.5 Å². The molecule has 0 atom stereocenters. The molecule has 0 saturated heterocycles. The lowest BCUT2D eigenvalue weighted by Gasteiger charge is -2.15. The summed E-state index contributed by atoms with van der Waals surface area (Å²) in [6.07, 6.45) is 3.89. The molecule has 0 spiro atoms. The van der Waals surface area contributed by atoms with Crippen molar-refractivity contribution in [3.8, 4) is 11.6 Å². The summed E-state index contributed by atoms with van der Waals surface area (Å²) < 4.78 is 35.2. The lowest BCUT2D eigenvalue weighted by Crippen LogP contribution is -2.11. The van der Waals surface area contributed by atoms with Crippen LogP contribution in [0.1, 0.15) is 53.5 Å². The van der Waals surface area contributed by atoms with Gasteiger partial charge in [0.15, 0.2) is 17.4 Å². The van der Waals surface area contributed by atoms with Crippen LogP contribution >= 0.6 is 0 Å². The van der Waals surface area contributed by atoms with E-state index >= 15 is 0 Å². The van der Waals surface area contributed by atoms with Gasteiger partial charge in [0.2, 0.25) is 5.88 Å². The van der Waals surface area contributed by atoms with Gasteiger partial charge in [-0.25, -0.2) is 13.8 Å². The van der Waals surface area contributed by atoms with Crippen molar-refractivity contribution in [3.63, 3.8) is 0 Å². The molecular formula is C31H27F2N3O2.